The molecule has 0 bridgehead atoms. The van der Waals surface area contributed by atoms with Gasteiger partial charge in [0.2, 0.25) is 0 Å². The Balaban J connectivity index is 1.93. The lowest BCUT2D eigenvalue weighted by atomic mass is 10.3. The zero-order valence-corrected chi connectivity index (χ0v) is 13.5. The maximum absolute atomic E-state index is 4.86. The van der Waals surface area contributed by atoms with Gasteiger partial charge in [-0.05, 0) is 24.6 Å². The van der Waals surface area contributed by atoms with Crippen molar-refractivity contribution in [3.8, 4) is 0 Å². The minimum atomic E-state index is 0.952. The highest BCUT2D eigenvalue weighted by Gasteiger charge is 2.15. The molecule has 4 nitrogen and oxygen atoms in total. The van der Waals surface area contributed by atoms with Gasteiger partial charge in [0.1, 0.15) is 5.82 Å². The van der Waals surface area contributed by atoms with Gasteiger partial charge in [0.25, 0.3) is 0 Å². The topological polar surface area (TPSA) is 33.1 Å². The molecule has 1 N–H and O–H groups in total. The third kappa shape index (κ3) is 2.90. The Hall–Kier alpha value is -0.910. The first kappa shape index (κ1) is 14.0. The zero-order valence-electron chi connectivity index (χ0n) is 11.9. The van der Waals surface area contributed by atoms with Gasteiger partial charge in [0, 0.05) is 37.2 Å². The van der Waals surface area contributed by atoms with Gasteiger partial charge in [-0.3, -0.25) is 4.90 Å². The van der Waals surface area contributed by atoms with Crippen LogP contribution in [0.25, 0.3) is 11.0 Å². The van der Waals surface area contributed by atoms with Crippen molar-refractivity contribution in [2.24, 2.45) is 0 Å². The van der Waals surface area contributed by atoms with Gasteiger partial charge in [0.15, 0.2) is 0 Å². The van der Waals surface area contributed by atoms with E-state index < -0.39 is 0 Å². The molecule has 2 heterocycles. The molecule has 3 rings (SSSR count). The Morgan fingerprint density at radius 1 is 1.30 bits per heavy atom. The summed E-state index contributed by atoms with van der Waals surface area (Å²) in [4.78, 5) is 7.34. The molecule has 1 aliphatic rings. The van der Waals surface area contributed by atoms with Gasteiger partial charge in [-0.15, -0.1) is 0 Å². The van der Waals surface area contributed by atoms with Crippen molar-refractivity contribution in [3.63, 3.8) is 0 Å². The van der Waals surface area contributed by atoms with Crippen LogP contribution in [0.5, 0.6) is 0 Å². The highest BCUT2D eigenvalue weighted by atomic mass is 79.9. The second-order valence-corrected chi connectivity index (χ2v) is 6.25. The molecule has 0 spiro atoms. The summed E-state index contributed by atoms with van der Waals surface area (Å²) < 4.78 is 3.48. The third-order valence-electron chi connectivity index (χ3n) is 3.81. The molecule has 1 aromatic carbocycles. The van der Waals surface area contributed by atoms with Gasteiger partial charge in [0.05, 0.1) is 17.6 Å². The minimum absolute atomic E-state index is 0.952. The lowest BCUT2D eigenvalue weighted by Crippen LogP contribution is -2.43. The summed E-state index contributed by atoms with van der Waals surface area (Å²) in [6, 6.07) is 6.39. The van der Waals surface area contributed by atoms with Crippen LogP contribution < -0.4 is 5.32 Å². The Bertz CT molecular complexity index is 587. The highest BCUT2D eigenvalue weighted by molar-refractivity contribution is 9.10. The fourth-order valence-corrected chi connectivity index (χ4v) is 3.16. The molecule has 1 aromatic heterocycles. The summed E-state index contributed by atoms with van der Waals surface area (Å²) in [6.07, 6.45) is 1.13. The zero-order chi connectivity index (χ0) is 13.9. The summed E-state index contributed by atoms with van der Waals surface area (Å²) in [6.45, 7) is 8.60. The lowest BCUT2D eigenvalue weighted by Gasteiger charge is -2.27. The number of imidazole rings is 1. The maximum Gasteiger partial charge on any atom is 0.124 e. The van der Waals surface area contributed by atoms with E-state index in [1.54, 1.807) is 0 Å². The van der Waals surface area contributed by atoms with Gasteiger partial charge in [-0.25, -0.2) is 4.98 Å². The normalized spacial score (nSPS) is 16.9. The number of halogens is 1. The van der Waals surface area contributed by atoms with Crippen LogP contribution in [-0.4, -0.2) is 40.6 Å². The quantitative estimate of drug-likeness (QED) is 0.931. The number of aryl methyl sites for hydroxylation is 1. The van der Waals surface area contributed by atoms with E-state index in [1.807, 2.05) is 0 Å². The first-order valence-corrected chi connectivity index (χ1v) is 8.15. The molecule has 108 valence electrons. The summed E-state index contributed by atoms with van der Waals surface area (Å²) in [5.41, 5.74) is 2.35. The molecule has 0 atom stereocenters. The van der Waals surface area contributed by atoms with Crippen molar-refractivity contribution in [2.45, 2.75) is 26.4 Å². The fourth-order valence-electron chi connectivity index (χ4n) is 2.82. The predicted octanol–water partition coefficient (Wildman–Crippen LogP) is 2.61. The number of fused-ring (bicyclic) bond motifs is 1. The Morgan fingerprint density at radius 2 is 2.10 bits per heavy atom. The van der Waals surface area contributed by atoms with Gasteiger partial charge >= 0.3 is 0 Å². The molecule has 1 aliphatic heterocycles. The van der Waals surface area contributed by atoms with Crippen molar-refractivity contribution in [3.05, 3.63) is 28.5 Å². The van der Waals surface area contributed by atoms with Crippen molar-refractivity contribution < 1.29 is 0 Å². The molecule has 5 heteroatoms. The van der Waals surface area contributed by atoms with E-state index in [-0.39, 0.29) is 0 Å². The number of piperazine rings is 1. The fraction of sp³-hybridized carbons (Fsp3) is 0.533. The average molecular weight is 337 g/mol. The van der Waals surface area contributed by atoms with Crippen LogP contribution in [0.15, 0.2) is 22.7 Å². The number of nitrogens with zero attached hydrogens (tertiary/aromatic N) is 3. The van der Waals surface area contributed by atoms with E-state index in [0.717, 1.165) is 55.7 Å². The van der Waals surface area contributed by atoms with Gasteiger partial charge in [-0.1, -0.05) is 22.9 Å². The van der Waals surface area contributed by atoms with Crippen molar-refractivity contribution in [2.75, 3.05) is 26.2 Å². The lowest BCUT2D eigenvalue weighted by molar-refractivity contribution is 0.225. The van der Waals surface area contributed by atoms with Crippen LogP contribution in [0, 0.1) is 0 Å². The molecule has 1 fully saturated rings. The molecule has 0 amide bonds. The summed E-state index contributed by atoms with van der Waals surface area (Å²) in [5, 5.41) is 3.40. The van der Waals surface area contributed by atoms with E-state index in [4.69, 9.17) is 4.98 Å². The van der Waals surface area contributed by atoms with Crippen molar-refractivity contribution >= 4 is 27.0 Å². The second-order valence-electron chi connectivity index (χ2n) is 5.34. The maximum atomic E-state index is 4.86. The number of hydrogen-bond donors (Lipinski definition) is 1. The Labute approximate surface area is 128 Å². The third-order valence-corrected chi connectivity index (χ3v) is 4.30. The Kier molecular flexibility index (Phi) is 4.38. The highest BCUT2D eigenvalue weighted by Crippen LogP contribution is 2.22. The van der Waals surface area contributed by atoms with E-state index in [2.05, 4.69) is 55.8 Å². The van der Waals surface area contributed by atoms with Gasteiger partial charge < -0.3 is 9.88 Å². The molecular formula is C15H21BrN4. The van der Waals surface area contributed by atoms with Crippen LogP contribution in [0.1, 0.15) is 19.2 Å². The average Bonchev–Trinajstić information content (AvgIpc) is 2.77. The van der Waals surface area contributed by atoms with Crippen LogP contribution >= 0.6 is 15.9 Å². The molecule has 0 saturated carbocycles. The van der Waals surface area contributed by atoms with Gasteiger partial charge in [-0.2, -0.15) is 0 Å². The van der Waals surface area contributed by atoms with E-state index in [9.17, 15) is 0 Å². The van der Waals surface area contributed by atoms with Crippen molar-refractivity contribution in [1.82, 2.24) is 19.8 Å². The number of hydrogen-bond acceptors (Lipinski definition) is 3. The second kappa shape index (κ2) is 6.24. The molecule has 0 radical (unpaired) electrons. The Morgan fingerprint density at radius 3 is 2.85 bits per heavy atom. The number of nitrogens with one attached hydrogen (secondary N) is 1. The first-order valence-electron chi connectivity index (χ1n) is 7.35. The van der Waals surface area contributed by atoms with Crippen molar-refractivity contribution in [1.29, 1.82) is 0 Å². The van der Waals surface area contributed by atoms with Crippen LogP contribution in [-0.2, 0) is 13.1 Å². The molecule has 20 heavy (non-hydrogen) atoms. The smallest absolute Gasteiger partial charge is 0.124 e. The molecule has 1 saturated heterocycles. The summed E-state index contributed by atoms with van der Waals surface area (Å²) >= 11 is 3.54. The summed E-state index contributed by atoms with van der Waals surface area (Å²) in [7, 11) is 0. The van der Waals surface area contributed by atoms with Crippen LogP contribution in [0.3, 0.4) is 0 Å². The number of aromatic nitrogens is 2. The standard InChI is InChI=1S/C15H21BrN4/c1-2-7-20-14-4-3-12(16)10-13(14)18-15(20)11-19-8-5-17-6-9-19/h3-4,10,17H,2,5-9,11H2,1H3. The predicted molar refractivity (Wildman–Crippen MR) is 85.9 cm³/mol. The molecular weight excluding hydrogens is 316 g/mol. The minimum Gasteiger partial charge on any atom is -0.327 e. The summed E-state index contributed by atoms with van der Waals surface area (Å²) in [5.74, 6) is 1.20. The monoisotopic (exact) mass is 336 g/mol. The van der Waals surface area contributed by atoms with E-state index >= 15 is 0 Å². The number of rotatable bonds is 4. The van der Waals surface area contributed by atoms with E-state index in [1.165, 1.54) is 11.3 Å². The number of benzene rings is 1. The largest absolute Gasteiger partial charge is 0.327 e. The SMILES string of the molecule is CCCn1c(CN2CCNCC2)nc2cc(Br)ccc21. The van der Waals surface area contributed by atoms with Crippen LogP contribution in [0.2, 0.25) is 0 Å². The van der Waals surface area contributed by atoms with E-state index in [0.29, 0.717) is 0 Å². The molecule has 2 aromatic rings. The first-order chi connectivity index (χ1) is 9.78. The molecule has 0 aliphatic carbocycles. The molecule has 0 unspecified atom stereocenters. The van der Waals surface area contributed by atoms with Crippen LogP contribution in [0.4, 0.5) is 0 Å².